The molecule has 7 heteroatoms. The highest BCUT2D eigenvalue weighted by Crippen LogP contribution is 2.30. The van der Waals surface area contributed by atoms with Crippen LogP contribution < -0.4 is 19.7 Å². The summed E-state index contributed by atoms with van der Waals surface area (Å²) in [6, 6.07) is 12.3. The lowest BCUT2D eigenvalue weighted by molar-refractivity contribution is -0.114. The molecule has 1 heterocycles. The van der Waals surface area contributed by atoms with Gasteiger partial charge in [-0.15, -0.1) is 0 Å². The molecule has 2 aromatic rings. The van der Waals surface area contributed by atoms with Crippen LogP contribution in [0.15, 0.2) is 42.5 Å². The number of para-hydroxylation sites is 1. The molecular formula is C22H28FN3O3. The van der Waals surface area contributed by atoms with Crippen molar-refractivity contribution in [2.75, 3.05) is 56.7 Å². The fraction of sp³-hybridized carbons (Fsp3) is 0.409. The maximum absolute atomic E-state index is 13.9. The zero-order chi connectivity index (χ0) is 20.6. The first kappa shape index (κ1) is 20.9. The quantitative estimate of drug-likeness (QED) is 0.688. The van der Waals surface area contributed by atoms with Gasteiger partial charge in [-0.2, -0.15) is 0 Å². The maximum Gasteiger partial charge on any atom is 0.221 e. The van der Waals surface area contributed by atoms with Gasteiger partial charge in [-0.05, 0) is 30.7 Å². The van der Waals surface area contributed by atoms with Crippen molar-refractivity contribution in [2.24, 2.45) is 0 Å². The van der Waals surface area contributed by atoms with Crippen molar-refractivity contribution in [3.05, 3.63) is 48.3 Å². The van der Waals surface area contributed by atoms with E-state index in [1.807, 2.05) is 12.1 Å². The molecule has 2 aromatic carbocycles. The minimum Gasteiger partial charge on any atom is -0.493 e. The molecule has 0 aromatic heterocycles. The smallest absolute Gasteiger partial charge is 0.221 e. The number of carbonyl (C=O) groups excluding carboxylic acids is 1. The van der Waals surface area contributed by atoms with Crippen LogP contribution in [-0.4, -0.2) is 57.2 Å². The molecule has 1 aliphatic heterocycles. The van der Waals surface area contributed by atoms with Crippen LogP contribution in [-0.2, 0) is 4.79 Å². The molecule has 1 fully saturated rings. The topological polar surface area (TPSA) is 54.0 Å². The second kappa shape index (κ2) is 10.1. The van der Waals surface area contributed by atoms with Gasteiger partial charge in [0, 0.05) is 51.4 Å². The maximum atomic E-state index is 13.9. The molecule has 0 bridgehead atoms. The van der Waals surface area contributed by atoms with E-state index in [2.05, 4.69) is 15.1 Å². The van der Waals surface area contributed by atoms with E-state index in [9.17, 15) is 9.18 Å². The van der Waals surface area contributed by atoms with E-state index < -0.39 is 0 Å². The third-order valence-corrected chi connectivity index (χ3v) is 4.93. The molecule has 1 amide bonds. The van der Waals surface area contributed by atoms with Crippen LogP contribution >= 0.6 is 0 Å². The van der Waals surface area contributed by atoms with E-state index in [0.717, 1.165) is 39.1 Å². The van der Waals surface area contributed by atoms with Gasteiger partial charge in [-0.3, -0.25) is 9.69 Å². The fourth-order valence-electron chi connectivity index (χ4n) is 3.46. The van der Waals surface area contributed by atoms with Crippen LogP contribution in [0.25, 0.3) is 0 Å². The molecule has 1 aliphatic rings. The summed E-state index contributed by atoms with van der Waals surface area (Å²) in [5, 5.41) is 2.73. The summed E-state index contributed by atoms with van der Waals surface area (Å²) in [5.41, 5.74) is 1.36. The van der Waals surface area contributed by atoms with E-state index in [-0.39, 0.29) is 11.7 Å². The number of piperazine rings is 1. The Bertz CT molecular complexity index is 823. The number of anilines is 2. The molecule has 0 unspecified atom stereocenters. The van der Waals surface area contributed by atoms with Gasteiger partial charge in [-0.1, -0.05) is 12.1 Å². The van der Waals surface area contributed by atoms with Crippen LogP contribution in [0.3, 0.4) is 0 Å². The number of ether oxygens (including phenoxy) is 2. The van der Waals surface area contributed by atoms with Gasteiger partial charge in [0.1, 0.15) is 5.82 Å². The highest BCUT2D eigenvalue weighted by molar-refractivity contribution is 5.89. The Labute approximate surface area is 171 Å². The molecule has 0 spiro atoms. The highest BCUT2D eigenvalue weighted by Gasteiger charge is 2.19. The number of carbonyl (C=O) groups is 1. The number of rotatable bonds is 8. The average Bonchev–Trinajstić information content (AvgIpc) is 2.72. The van der Waals surface area contributed by atoms with Gasteiger partial charge in [0.05, 0.1) is 19.4 Å². The van der Waals surface area contributed by atoms with Crippen LogP contribution in [0.4, 0.5) is 15.8 Å². The molecule has 6 nitrogen and oxygen atoms in total. The second-order valence-corrected chi connectivity index (χ2v) is 7.03. The molecule has 0 saturated carbocycles. The van der Waals surface area contributed by atoms with Gasteiger partial charge in [-0.25, -0.2) is 4.39 Å². The molecule has 0 aliphatic carbocycles. The predicted octanol–water partition coefficient (Wildman–Crippen LogP) is 3.38. The molecule has 29 heavy (non-hydrogen) atoms. The lowest BCUT2D eigenvalue weighted by Gasteiger charge is -2.36. The number of nitrogens with one attached hydrogen (secondary N) is 1. The van der Waals surface area contributed by atoms with Crippen LogP contribution in [0.5, 0.6) is 11.5 Å². The van der Waals surface area contributed by atoms with E-state index in [4.69, 9.17) is 9.47 Å². The van der Waals surface area contributed by atoms with Crippen molar-refractivity contribution in [3.63, 3.8) is 0 Å². The Kier molecular flexibility index (Phi) is 7.30. The van der Waals surface area contributed by atoms with Crippen LogP contribution in [0.2, 0.25) is 0 Å². The Balaban J connectivity index is 1.41. The Hall–Kier alpha value is -2.80. The van der Waals surface area contributed by atoms with Gasteiger partial charge in [0.15, 0.2) is 11.5 Å². The fourth-order valence-corrected chi connectivity index (χ4v) is 3.46. The van der Waals surface area contributed by atoms with Gasteiger partial charge in [0.25, 0.3) is 0 Å². The van der Waals surface area contributed by atoms with E-state index in [1.165, 1.54) is 13.0 Å². The molecule has 0 atom stereocenters. The van der Waals surface area contributed by atoms with Gasteiger partial charge in [0.2, 0.25) is 5.91 Å². The van der Waals surface area contributed by atoms with Crippen molar-refractivity contribution in [1.82, 2.24) is 4.90 Å². The number of benzene rings is 2. The zero-order valence-electron chi connectivity index (χ0n) is 17.0. The lowest BCUT2D eigenvalue weighted by atomic mass is 10.2. The Morgan fingerprint density at radius 1 is 1.10 bits per heavy atom. The summed E-state index contributed by atoms with van der Waals surface area (Å²) in [4.78, 5) is 15.6. The second-order valence-electron chi connectivity index (χ2n) is 7.03. The summed E-state index contributed by atoms with van der Waals surface area (Å²) in [6.45, 7) is 6.42. The highest BCUT2D eigenvalue weighted by atomic mass is 19.1. The van der Waals surface area contributed by atoms with Crippen molar-refractivity contribution < 1.29 is 18.7 Å². The third-order valence-electron chi connectivity index (χ3n) is 4.93. The minimum atomic E-state index is -0.159. The normalized spacial score (nSPS) is 14.5. The molecule has 1 saturated heterocycles. The third kappa shape index (κ3) is 5.84. The molecule has 156 valence electrons. The standard InChI is InChI=1S/C22H28FN3O3/c1-17(27)24-18-8-9-21(22(16-18)28-2)29-15-5-10-25-11-13-26(14-12-25)20-7-4-3-6-19(20)23/h3-4,6-9,16H,5,10-15H2,1-2H3,(H,24,27). The van der Waals surface area contributed by atoms with Gasteiger partial charge < -0.3 is 19.7 Å². The van der Waals surface area contributed by atoms with Gasteiger partial charge >= 0.3 is 0 Å². The Morgan fingerprint density at radius 2 is 1.86 bits per heavy atom. The molecular weight excluding hydrogens is 373 g/mol. The number of methoxy groups -OCH3 is 1. The zero-order valence-corrected chi connectivity index (χ0v) is 17.0. The summed E-state index contributed by atoms with van der Waals surface area (Å²) in [7, 11) is 1.58. The monoisotopic (exact) mass is 401 g/mol. The largest absolute Gasteiger partial charge is 0.493 e. The first-order valence-corrected chi connectivity index (χ1v) is 9.87. The number of nitrogens with zero attached hydrogens (tertiary/aromatic N) is 2. The summed E-state index contributed by atoms with van der Waals surface area (Å²) in [5.74, 6) is 0.962. The van der Waals surface area contributed by atoms with Crippen molar-refractivity contribution in [1.29, 1.82) is 0 Å². The van der Waals surface area contributed by atoms with E-state index in [0.29, 0.717) is 29.5 Å². The van der Waals surface area contributed by atoms with Crippen molar-refractivity contribution in [3.8, 4) is 11.5 Å². The SMILES string of the molecule is COc1cc(NC(C)=O)ccc1OCCCN1CCN(c2ccccc2F)CC1. The average molecular weight is 401 g/mol. The lowest BCUT2D eigenvalue weighted by Crippen LogP contribution is -2.47. The number of hydrogen-bond donors (Lipinski definition) is 1. The van der Waals surface area contributed by atoms with Crippen LogP contribution in [0, 0.1) is 5.82 Å². The molecule has 0 radical (unpaired) electrons. The number of halogens is 1. The summed E-state index contributed by atoms with van der Waals surface area (Å²) < 4.78 is 25.1. The number of hydrogen-bond acceptors (Lipinski definition) is 5. The summed E-state index contributed by atoms with van der Waals surface area (Å²) >= 11 is 0. The summed E-state index contributed by atoms with van der Waals surface area (Å²) in [6.07, 6.45) is 0.885. The Morgan fingerprint density at radius 3 is 2.55 bits per heavy atom. The molecule has 3 rings (SSSR count). The van der Waals surface area contributed by atoms with Crippen molar-refractivity contribution in [2.45, 2.75) is 13.3 Å². The van der Waals surface area contributed by atoms with Crippen molar-refractivity contribution >= 4 is 17.3 Å². The molecule has 1 N–H and O–H groups in total. The van der Waals surface area contributed by atoms with E-state index >= 15 is 0 Å². The minimum absolute atomic E-state index is 0.129. The first-order chi connectivity index (χ1) is 14.1. The van der Waals surface area contributed by atoms with E-state index in [1.54, 1.807) is 31.4 Å². The first-order valence-electron chi connectivity index (χ1n) is 9.87. The predicted molar refractivity (Wildman–Crippen MR) is 112 cm³/mol. The van der Waals surface area contributed by atoms with Crippen LogP contribution in [0.1, 0.15) is 13.3 Å². The number of amides is 1.